The zero-order valence-electron chi connectivity index (χ0n) is 12.6. The number of pyridine rings is 1. The van der Waals surface area contributed by atoms with E-state index < -0.39 is 0 Å². The number of benzene rings is 2. The van der Waals surface area contributed by atoms with Crippen LogP contribution in [0.5, 0.6) is 0 Å². The quantitative estimate of drug-likeness (QED) is 0.567. The van der Waals surface area contributed by atoms with Crippen LogP contribution in [0, 0.1) is 5.92 Å². The van der Waals surface area contributed by atoms with Gasteiger partial charge in [-0.05, 0) is 24.8 Å². The molecule has 0 atom stereocenters. The van der Waals surface area contributed by atoms with Crippen molar-refractivity contribution in [3.63, 3.8) is 0 Å². The Morgan fingerprint density at radius 3 is 2.26 bits per heavy atom. The molecule has 1 saturated carbocycles. The van der Waals surface area contributed by atoms with E-state index >= 15 is 0 Å². The summed E-state index contributed by atoms with van der Waals surface area (Å²) in [6.45, 7) is 0.716. The molecule has 3 heteroatoms. The lowest BCUT2D eigenvalue weighted by Gasteiger charge is -2.14. The van der Waals surface area contributed by atoms with E-state index in [2.05, 4.69) is 0 Å². The van der Waals surface area contributed by atoms with E-state index in [1.54, 1.807) is 0 Å². The average Bonchev–Trinajstić information content (AvgIpc) is 3.36. The summed E-state index contributed by atoms with van der Waals surface area (Å²) in [4.78, 5) is 26.0. The van der Waals surface area contributed by atoms with Crippen molar-refractivity contribution in [2.24, 2.45) is 5.92 Å². The molecule has 0 bridgehead atoms. The number of aromatic nitrogens is 1. The van der Waals surface area contributed by atoms with E-state index in [0.717, 1.165) is 16.6 Å². The number of nitrogens with zero attached hydrogens (tertiary/aromatic N) is 1. The van der Waals surface area contributed by atoms with Gasteiger partial charge in [0, 0.05) is 28.4 Å². The summed E-state index contributed by atoms with van der Waals surface area (Å²) >= 11 is 0. The third kappa shape index (κ3) is 1.70. The molecule has 0 spiro atoms. The lowest BCUT2D eigenvalue weighted by Crippen LogP contribution is -2.24. The third-order valence-electron chi connectivity index (χ3n) is 4.97. The molecule has 112 valence electrons. The minimum atomic E-state index is 0.0238. The van der Waals surface area contributed by atoms with Crippen LogP contribution in [0.25, 0.3) is 22.0 Å². The Labute approximate surface area is 133 Å². The molecule has 0 aliphatic heterocycles. The second-order valence-electron chi connectivity index (χ2n) is 6.50. The van der Waals surface area contributed by atoms with Gasteiger partial charge in [0.05, 0.1) is 11.3 Å². The van der Waals surface area contributed by atoms with Crippen LogP contribution in [0.1, 0.15) is 28.8 Å². The maximum atomic E-state index is 13.0. The van der Waals surface area contributed by atoms with Crippen molar-refractivity contribution in [2.45, 2.75) is 19.4 Å². The van der Waals surface area contributed by atoms with E-state index in [4.69, 9.17) is 0 Å². The first kappa shape index (κ1) is 12.8. The maximum Gasteiger partial charge on any atom is 0.258 e. The molecule has 1 fully saturated rings. The number of carbonyl (C=O) groups is 1. The Morgan fingerprint density at radius 2 is 1.52 bits per heavy atom. The predicted octanol–water partition coefficient (Wildman–Crippen LogP) is 3.62. The Kier molecular flexibility index (Phi) is 2.46. The normalized spacial score (nSPS) is 15.7. The molecule has 2 aliphatic carbocycles. The number of carbonyl (C=O) groups excluding carboxylic acids is 1. The summed E-state index contributed by atoms with van der Waals surface area (Å²) in [5.74, 6) is 0.608. The van der Waals surface area contributed by atoms with Gasteiger partial charge in [-0.2, -0.15) is 0 Å². The first-order chi connectivity index (χ1) is 11.3. The zero-order valence-corrected chi connectivity index (χ0v) is 12.6. The lowest BCUT2D eigenvalue weighted by atomic mass is 10.0. The van der Waals surface area contributed by atoms with Gasteiger partial charge in [-0.25, -0.2) is 0 Å². The molecule has 3 aromatic rings. The first-order valence-corrected chi connectivity index (χ1v) is 8.05. The molecular formula is C20H15NO2. The highest BCUT2D eigenvalue weighted by Gasteiger charge is 2.33. The van der Waals surface area contributed by atoms with Crippen molar-refractivity contribution in [1.29, 1.82) is 0 Å². The predicted molar refractivity (Wildman–Crippen MR) is 89.8 cm³/mol. The smallest absolute Gasteiger partial charge is 0.258 e. The Bertz CT molecular complexity index is 1040. The third-order valence-corrected chi connectivity index (χ3v) is 4.97. The Hall–Kier alpha value is -2.68. The molecule has 0 saturated heterocycles. The van der Waals surface area contributed by atoms with Gasteiger partial charge in [-0.1, -0.05) is 42.5 Å². The SMILES string of the molecule is O=C1c2ccccc2-c2c1c1ccccc1c(=O)n2CC1CC1. The zero-order chi connectivity index (χ0) is 15.6. The van der Waals surface area contributed by atoms with Crippen LogP contribution in [-0.4, -0.2) is 10.4 Å². The topological polar surface area (TPSA) is 39.1 Å². The van der Waals surface area contributed by atoms with Crippen LogP contribution < -0.4 is 5.56 Å². The average molecular weight is 301 g/mol. The highest BCUT2D eigenvalue weighted by Crippen LogP contribution is 2.40. The van der Waals surface area contributed by atoms with E-state index in [0.29, 0.717) is 29.0 Å². The van der Waals surface area contributed by atoms with Crippen LogP contribution in [0.2, 0.25) is 0 Å². The Balaban J connectivity index is 1.96. The second-order valence-corrected chi connectivity index (χ2v) is 6.50. The summed E-state index contributed by atoms with van der Waals surface area (Å²) in [7, 11) is 0. The van der Waals surface area contributed by atoms with Crippen molar-refractivity contribution in [2.75, 3.05) is 0 Å². The molecule has 0 unspecified atom stereocenters. The maximum absolute atomic E-state index is 13.0. The molecule has 5 rings (SSSR count). The molecule has 0 radical (unpaired) electrons. The van der Waals surface area contributed by atoms with Crippen LogP contribution in [0.3, 0.4) is 0 Å². The fraction of sp³-hybridized carbons (Fsp3) is 0.200. The van der Waals surface area contributed by atoms with Gasteiger partial charge < -0.3 is 4.57 Å². The fourth-order valence-corrected chi connectivity index (χ4v) is 3.66. The highest BCUT2D eigenvalue weighted by atomic mass is 16.1. The lowest BCUT2D eigenvalue weighted by molar-refractivity contribution is 0.104. The number of hydrogen-bond donors (Lipinski definition) is 0. The molecule has 1 aromatic heterocycles. The van der Waals surface area contributed by atoms with E-state index in [1.165, 1.54) is 12.8 Å². The summed E-state index contributed by atoms with van der Waals surface area (Å²) in [5.41, 5.74) is 3.15. The summed E-state index contributed by atoms with van der Waals surface area (Å²) in [6, 6.07) is 15.1. The van der Waals surface area contributed by atoms with Gasteiger partial charge in [0.25, 0.3) is 5.56 Å². The summed E-state index contributed by atoms with van der Waals surface area (Å²) < 4.78 is 1.85. The van der Waals surface area contributed by atoms with Crippen LogP contribution in [0.15, 0.2) is 53.3 Å². The van der Waals surface area contributed by atoms with Gasteiger partial charge in [0.1, 0.15) is 0 Å². The Morgan fingerprint density at radius 1 is 0.870 bits per heavy atom. The summed E-state index contributed by atoms with van der Waals surface area (Å²) in [5, 5.41) is 1.42. The second kappa shape index (κ2) is 4.42. The molecule has 2 aliphatic rings. The largest absolute Gasteiger partial charge is 0.307 e. The van der Waals surface area contributed by atoms with Crippen LogP contribution >= 0.6 is 0 Å². The first-order valence-electron chi connectivity index (χ1n) is 8.05. The van der Waals surface area contributed by atoms with E-state index in [-0.39, 0.29) is 11.3 Å². The minimum Gasteiger partial charge on any atom is -0.307 e. The molecule has 3 nitrogen and oxygen atoms in total. The molecule has 23 heavy (non-hydrogen) atoms. The van der Waals surface area contributed by atoms with Crippen LogP contribution in [-0.2, 0) is 6.54 Å². The van der Waals surface area contributed by atoms with Crippen molar-refractivity contribution in [3.8, 4) is 11.3 Å². The van der Waals surface area contributed by atoms with Gasteiger partial charge in [-0.3, -0.25) is 9.59 Å². The number of rotatable bonds is 2. The van der Waals surface area contributed by atoms with Gasteiger partial charge >= 0.3 is 0 Å². The van der Waals surface area contributed by atoms with Gasteiger partial charge in [-0.15, -0.1) is 0 Å². The van der Waals surface area contributed by atoms with E-state index in [1.807, 2.05) is 53.1 Å². The molecule has 1 heterocycles. The minimum absolute atomic E-state index is 0.0238. The number of hydrogen-bond acceptors (Lipinski definition) is 2. The van der Waals surface area contributed by atoms with Crippen molar-refractivity contribution in [1.82, 2.24) is 4.57 Å². The molecular weight excluding hydrogens is 286 g/mol. The monoisotopic (exact) mass is 301 g/mol. The highest BCUT2D eigenvalue weighted by molar-refractivity contribution is 6.26. The summed E-state index contributed by atoms with van der Waals surface area (Å²) in [6.07, 6.45) is 2.34. The standard InChI is InChI=1S/C20H15NO2/c22-19-15-7-3-2-6-14(15)18-17(19)13-5-1-4-8-16(13)20(23)21(18)11-12-9-10-12/h1-8,12H,9-11H2. The molecule has 0 amide bonds. The van der Waals surface area contributed by atoms with Gasteiger partial charge in [0.15, 0.2) is 5.78 Å². The molecule has 0 N–H and O–H groups in total. The van der Waals surface area contributed by atoms with Crippen molar-refractivity contribution < 1.29 is 4.79 Å². The van der Waals surface area contributed by atoms with Crippen molar-refractivity contribution in [3.05, 3.63) is 70.0 Å². The van der Waals surface area contributed by atoms with Gasteiger partial charge in [0.2, 0.25) is 0 Å². The van der Waals surface area contributed by atoms with Crippen molar-refractivity contribution >= 4 is 16.6 Å². The number of ketones is 1. The number of fused-ring (bicyclic) bond motifs is 5. The van der Waals surface area contributed by atoms with E-state index in [9.17, 15) is 9.59 Å². The van der Waals surface area contributed by atoms with Crippen LogP contribution in [0.4, 0.5) is 0 Å². The fourth-order valence-electron chi connectivity index (χ4n) is 3.66. The molecule has 2 aromatic carbocycles.